The van der Waals surface area contributed by atoms with Gasteiger partial charge in [-0.1, -0.05) is 188 Å². The molecule has 0 N–H and O–H groups in total. The third-order valence-electron chi connectivity index (χ3n) is 11.6. The van der Waals surface area contributed by atoms with Crippen LogP contribution in [0.15, 0.2) is 212 Å². The van der Waals surface area contributed by atoms with Crippen molar-refractivity contribution < 1.29 is 0 Å². The standard InChI is InChI=1S/C54H35N3/c1-4-15-37(16-5-1)51-55-52(43-29-28-41-33-40(26-27-42(41)34-43)39-25-24-36-14-10-11-17-38(36)32-39)57-53(56-51)44-30-31-48-47-22-12-13-23-49(47)54(50(48)35-44,45-18-6-2-7-19-45)46-20-8-3-9-21-46/h1-35H. The molecule has 3 heteroatoms. The van der Waals surface area contributed by atoms with Crippen molar-refractivity contribution in [2.75, 3.05) is 0 Å². The molecule has 9 aromatic carbocycles. The van der Waals surface area contributed by atoms with Gasteiger partial charge in [-0.05, 0) is 90.3 Å². The highest BCUT2D eigenvalue weighted by Crippen LogP contribution is 2.56. The van der Waals surface area contributed by atoms with E-state index < -0.39 is 5.41 Å². The van der Waals surface area contributed by atoms with Crippen LogP contribution < -0.4 is 0 Å². The zero-order valence-electron chi connectivity index (χ0n) is 31.0. The molecule has 1 aliphatic carbocycles. The molecule has 266 valence electrons. The molecule has 0 radical (unpaired) electrons. The second-order valence-corrected chi connectivity index (χ2v) is 14.8. The van der Waals surface area contributed by atoms with E-state index in [9.17, 15) is 0 Å². The van der Waals surface area contributed by atoms with E-state index in [1.165, 1.54) is 60.7 Å². The van der Waals surface area contributed by atoms with Crippen LogP contribution in [0.25, 0.3) is 78.0 Å². The molecule has 0 bridgehead atoms. The predicted octanol–water partition coefficient (Wildman–Crippen LogP) is 13.2. The second-order valence-electron chi connectivity index (χ2n) is 14.8. The van der Waals surface area contributed by atoms with Crippen molar-refractivity contribution in [1.29, 1.82) is 0 Å². The van der Waals surface area contributed by atoms with Gasteiger partial charge in [0.05, 0.1) is 5.41 Å². The van der Waals surface area contributed by atoms with Crippen LogP contribution in [0.5, 0.6) is 0 Å². The van der Waals surface area contributed by atoms with Crippen molar-refractivity contribution in [1.82, 2.24) is 15.0 Å². The van der Waals surface area contributed by atoms with Gasteiger partial charge < -0.3 is 0 Å². The third-order valence-corrected chi connectivity index (χ3v) is 11.6. The van der Waals surface area contributed by atoms with E-state index in [2.05, 4.69) is 194 Å². The lowest BCUT2D eigenvalue weighted by Gasteiger charge is -2.34. The Balaban J connectivity index is 1.07. The average molecular weight is 726 g/mol. The number of nitrogens with zero attached hydrogens (tertiary/aromatic N) is 3. The highest BCUT2D eigenvalue weighted by Gasteiger charge is 2.46. The van der Waals surface area contributed by atoms with Crippen LogP contribution in [0, 0.1) is 0 Å². The number of rotatable bonds is 6. The molecular weight excluding hydrogens is 691 g/mol. The number of fused-ring (bicyclic) bond motifs is 5. The summed E-state index contributed by atoms with van der Waals surface area (Å²) in [5.74, 6) is 1.92. The Morgan fingerprint density at radius 1 is 0.263 bits per heavy atom. The molecule has 0 atom stereocenters. The fourth-order valence-electron chi connectivity index (χ4n) is 8.87. The fourth-order valence-corrected chi connectivity index (χ4v) is 8.87. The molecule has 0 aliphatic heterocycles. The summed E-state index contributed by atoms with van der Waals surface area (Å²) in [7, 11) is 0. The number of aromatic nitrogens is 3. The molecule has 0 fully saturated rings. The molecule has 11 rings (SSSR count). The molecule has 0 saturated heterocycles. The summed E-state index contributed by atoms with van der Waals surface area (Å²) in [5, 5.41) is 4.78. The Morgan fingerprint density at radius 3 is 1.33 bits per heavy atom. The number of hydrogen-bond donors (Lipinski definition) is 0. The Kier molecular flexibility index (Phi) is 7.71. The van der Waals surface area contributed by atoms with Crippen LogP contribution in [-0.4, -0.2) is 15.0 Å². The van der Waals surface area contributed by atoms with E-state index >= 15 is 0 Å². The first-order valence-corrected chi connectivity index (χ1v) is 19.4. The molecule has 1 aromatic heterocycles. The minimum absolute atomic E-state index is 0.521. The summed E-state index contributed by atoms with van der Waals surface area (Å²) in [6.45, 7) is 0. The van der Waals surface area contributed by atoms with Crippen LogP contribution in [0.1, 0.15) is 22.3 Å². The molecule has 0 spiro atoms. The average Bonchev–Trinajstić information content (AvgIpc) is 3.59. The minimum Gasteiger partial charge on any atom is -0.208 e. The van der Waals surface area contributed by atoms with Gasteiger partial charge in [-0.2, -0.15) is 0 Å². The summed E-state index contributed by atoms with van der Waals surface area (Å²) in [6, 6.07) is 75.9. The summed E-state index contributed by atoms with van der Waals surface area (Å²) >= 11 is 0. The molecule has 1 heterocycles. The maximum atomic E-state index is 5.25. The van der Waals surface area contributed by atoms with Gasteiger partial charge in [0, 0.05) is 16.7 Å². The maximum absolute atomic E-state index is 5.25. The van der Waals surface area contributed by atoms with Gasteiger partial charge in [-0.25, -0.2) is 15.0 Å². The van der Waals surface area contributed by atoms with E-state index in [4.69, 9.17) is 15.0 Å². The van der Waals surface area contributed by atoms with Crippen LogP contribution >= 0.6 is 0 Å². The van der Waals surface area contributed by atoms with Gasteiger partial charge >= 0.3 is 0 Å². The van der Waals surface area contributed by atoms with Crippen molar-refractivity contribution in [3.05, 3.63) is 235 Å². The topological polar surface area (TPSA) is 38.7 Å². The molecule has 10 aromatic rings. The van der Waals surface area contributed by atoms with Crippen LogP contribution in [0.3, 0.4) is 0 Å². The van der Waals surface area contributed by atoms with Crippen molar-refractivity contribution in [3.63, 3.8) is 0 Å². The minimum atomic E-state index is -0.521. The first kappa shape index (κ1) is 32.9. The zero-order chi connectivity index (χ0) is 37.8. The lowest BCUT2D eigenvalue weighted by Crippen LogP contribution is -2.28. The van der Waals surface area contributed by atoms with Gasteiger partial charge in [0.2, 0.25) is 0 Å². The maximum Gasteiger partial charge on any atom is 0.164 e. The fraction of sp³-hybridized carbons (Fsp3) is 0.0185. The van der Waals surface area contributed by atoms with Crippen molar-refractivity contribution in [3.8, 4) is 56.4 Å². The lowest BCUT2D eigenvalue weighted by atomic mass is 9.67. The summed E-state index contributed by atoms with van der Waals surface area (Å²) in [6.07, 6.45) is 0. The third kappa shape index (κ3) is 5.47. The molecule has 0 unspecified atom stereocenters. The molecule has 0 saturated carbocycles. The van der Waals surface area contributed by atoms with Gasteiger partial charge in [-0.15, -0.1) is 0 Å². The first-order chi connectivity index (χ1) is 28.2. The monoisotopic (exact) mass is 725 g/mol. The van der Waals surface area contributed by atoms with Crippen LogP contribution in [0.2, 0.25) is 0 Å². The van der Waals surface area contributed by atoms with Crippen molar-refractivity contribution in [2.45, 2.75) is 5.41 Å². The van der Waals surface area contributed by atoms with Gasteiger partial charge in [0.25, 0.3) is 0 Å². The first-order valence-electron chi connectivity index (χ1n) is 19.4. The van der Waals surface area contributed by atoms with E-state index in [1.54, 1.807) is 0 Å². The number of hydrogen-bond acceptors (Lipinski definition) is 3. The molecule has 57 heavy (non-hydrogen) atoms. The SMILES string of the molecule is c1ccc(-c2nc(-c3ccc4c(c3)C(c3ccccc3)(c3ccccc3)c3ccccc3-4)nc(-c3ccc4cc(-c5ccc6ccccc6c5)ccc4c3)n2)cc1. The Hall–Kier alpha value is -7.49. The predicted molar refractivity (Wildman–Crippen MR) is 234 cm³/mol. The molecule has 0 amide bonds. The van der Waals surface area contributed by atoms with Crippen molar-refractivity contribution in [2.24, 2.45) is 0 Å². The molecule has 1 aliphatic rings. The van der Waals surface area contributed by atoms with Crippen LogP contribution in [0.4, 0.5) is 0 Å². The van der Waals surface area contributed by atoms with E-state index in [0.29, 0.717) is 17.5 Å². The second kappa shape index (κ2) is 13.4. The largest absolute Gasteiger partial charge is 0.208 e. The quantitative estimate of drug-likeness (QED) is 0.171. The van der Waals surface area contributed by atoms with E-state index in [0.717, 1.165) is 22.1 Å². The Labute approximate surface area is 331 Å². The Bertz CT molecular complexity index is 3080. The van der Waals surface area contributed by atoms with Crippen molar-refractivity contribution >= 4 is 21.5 Å². The van der Waals surface area contributed by atoms with E-state index in [-0.39, 0.29) is 0 Å². The van der Waals surface area contributed by atoms with Gasteiger partial charge in [-0.3, -0.25) is 0 Å². The number of benzene rings is 9. The normalized spacial score (nSPS) is 12.7. The summed E-state index contributed by atoms with van der Waals surface area (Å²) in [5.41, 5.74) is 12.1. The lowest BCUT2D eigenvalue weighted by molar-refractivity contribution is 0.768. The van der Waals surface area contributed by atoms with Gasteiger partial charge in [0.15, 0.2) is 17.5 Å². The Morgan fingerprint density at radius 2 is 0.684 bits per heavy atom. The zero-order valence-corrected chi connectivity index (χ0v) is 31.0. The van der Waals surface area contributed by atoms with E-state index in [1.807, 2.05) is 18.2 Å². The molecular formula is C54H35N3. The summed E-state index contributed by atoms with van der Waals surface area (Å²) < 4.78 is 0. The van der Waals surface area contributed by atoms with Crippen LogP contribution in [-0.2, 0) is 5.41 Å². The highest BCUT2D eigenvalue weighted by atomic mass is 15.0. The van der Waals surface area contributed by atoms with Gasteiger partial charge in [0.1, 0.15) is 0 Å². The highest BCUT2D eigenvalue weighted by molar-refractivity contribution is 5.93. The smallest absolute Gasteiger partial charge is 0.164 e. The summed E-state index contributed by atoms with van der Waals surface area (Å²) in [4.78, 5) is 15.5. The molecule has 3 nitrogen and oxygen atoms in total.